The largest absolute Gasteiger partial charge is 0.497 e. The van der Waals surface area contributed by atoms with E-state index in [0.29, 0.717) is 11.6 Å². The van der Waals surface area contributed by atoms with Crippen molar-refractivity contribution < 1.29 is 17.9 Å². The number of benzene rings is 1. The summed E-state index contributed by atoms with van der Waals surface area (Å²) < 4.78 is 29.7. The zero-order valence-corrected chi connectivity index (χ0v) is 16.0. The molecule has 2 unspecified atom stereocenters. The highest BCUT2D eigenvalue weighted by Crippen LogP contribution is 2.24. The van der Waals surface area contributed by atoms with Crippen LogP contribution in [0.4, 0.5) is 0 Å². The number of carbonyl (C=O) groups excluding carboxylic acids is 1. The van der Waals surface area contributed by atoms with E-state index in [1.54, 1.807) is 26.2 Å². The Bertz CT molecular complexity index is 882. The molecule has 26 heavy (non-hydrogen) atoms. The maximum Gasteiger partial charge on any atom is 0.233 e. The molecular weight excluding hydrogens is 378 g/mol. The highest BCUT2D eigenvalue weighted by molar-refractivity contribution is 8.00. The van der Waals surface area contributed by atoms with Crippen molar-refractivity contribution in [2.45, 2.75) is 29.8 Å². The van der Waals surface area contributed by atoms with Crippen LogP contribution in [0.25, 0.3) is 5.69 Å². The zero-order chi connectivity index (χ0) is 18.7. The van der Waals surface area contributed by atoms with Gasteiger partial charge in [0.1, 0.15) is 5.75 Å². The Labute approximate surface area is 155 Å². The molecule has 11 heteroatoms. The number of aromatic nitrogens is 4. The number of ether oxygens (including phenoxy) is 1. The van der Waals surface area contributed by atoms with Gasteiger partial charge in [-0.25, -0.2) is 8.42 Å². The van der Waals surface area contributed by atoms with E-state index in [1.807, 2.05) is 12.1 Å². The molecule has 1 saturated heterocycles. The molecule has 1 aromatic carbocycles. The van der Waals surface area contributed by atoms with E-state index in [4.69, 9.17) is 4.74 Å². The Morgan fingerprint density at radius 2 is 2.12 bits per heavy atom. The van der Waals surface area contributed by atoms with Gasteiger partial charge in [-0.05, 0) is 48.0 Å². The summed E-state index contributed by atoms with van der Waals surface area (Å²) in [7, 11) is -1.45. The van der Waals surface area contributed by atoms with Crippen LogP contribution in [-0.4, -0.2) is 64.4 Å². The Kier molecular flexibility index (Phi) is 5.47. The number of rotatable bonds is 6. The molecule has 1 aliphatic heterocycles. The normalized spacial score (nSPS) is 19.8. The van der Waals surface area contributed by atoms with Crippen molar-refractivity contribution in [1.29, 1.82) is 0 Å². The summed E-state index contributed by atoms with van der Waals surface area (Å²) in [5.41, 5.74) is 0.743. The van der Waals surface area contributed by atoms with Gasteiger partial charge in [-0.15, -0.1) is 5.10 Å². The number of tetrazole rings is 1. The second-order valence-electron chi connectivity index (χ2n) is 5.94. The maximum absolute atomic E-state index is 12.3. The third kappa shape index (κ3) is 4.33. The van der Waals surface area contributed by atoms with Crippen molar-refractivity contribution in [2.75, 3.05) is 18.6 Å². The van der Waals surface area contributed by atoms with Gasteiger partial charge < -0.3 is 10.1 Å². The average Bonchev–Trinajstić information content (AvgIpc) is 3.21. The van der Waals surface area contributed by atoms with Gasteiger partial charge in [0.05, 0.1) is 29.6 Å². The minimum Gasteiger partial charge on any atom is -0.497 e. The Hall–Kier alpha value is -2.14. The van der Waals surface area contributed by atoms with E-state index >= 15 is 0 Å². The van der Waals surface area contributed by atoms with Gasteiger partial charge >= 0.3 is 0 Å². The molecule has 1 aliphatic rings. The van der Waals surface area contributed by atoms with Crippen molar-refractivity contribution in [3.8, 4) is 11.4 Å². The lowest BCUT2D eigenvalue weighted by molar-refractivity contribution is -0.120. The maximum atomic E-state index is 12.3. The van der Waals surface area contributed by atoms with Crippen LogP contribution >= 0.6 is 11.8 Å². The summed E-state index contributed by atoms with van der Waals surface area (Å²) in [6.07, 6.45) is 0.453. The third-order valence-electron chi connectivity index (χ3n) is 3.99. The molecule has 0 radical (unpaired) electrons. The zero-order valence-electron chi connectivity index (χ0n) is 14.3. The fraction of sp³-hybridized carbons (Fsp3) is 0.467. The number of sulfone groups is 1. The molecule has 140 valence electrons. The monoisotopic (exact) mass is 397 g/mol. The van der Waals surface area contributed by atoms with E-state index < -0.39 is 15.1 Å². The lowest BCUT2D eigenvalue weighted by Crippen LogP contribution is -2.40. The SMILES string of the molecule is COc1ccc(-n2nnnc2SC(C)C(=O)NC2CCS(=O)(=O)C2)cc1. The average molecular weight is 397 g/mol. The van der Waals surface area contributed by atoms with Gasteiger partial charge in [-0.3, -0.25) is 4.79 Å². The van der Waals surface area contributed by atoms with Crippen molar-refractivity contribution in [2.24, 2.45) is 0 Å². The Balaban J connectivity index is 1.65. The van der Waals surface area contributed by atoms with Crippen LogP contribution in [0.5, 0.6) is 5.75 Å². The number of nitrogens with zero attached hydrogens (tertiary/aromatic N) is 4. The summed E-state index contributed by atoms with van der Waals surface area (Å²) in [5, 5.41) is 14.4. The van der Waals surface area contributed by atoms with Gasteiger partial charge in [0.15, 0.2) is 9.84 Å². The van der Waals surface area contributed by atoms with Gasteiger partial charge in [0.2, 0.25) is 11.1 Å². The van der Waals surface area contributed by atoms with Crippen LogP contribution in [0.2, 0.25) is 0 Å². The molecule has 0 bridgehead atoms. The number of nitrogens with one attached hydrogen (secondary N) is 1. The third-order valence-corrected chi connectivity index (χ3v) is 6.79. The summed E-state index contributed by atoms with van der Waals surface area (Å²) in [6, 6.07) is 6.89. The lowest BCUT2D eigenvalue weighted by Gasteiger charge is -2.15. The second-order valence-corrected chi connectivity index (χ2v) is 9.48. The van der Waals surface area contributed by atoms with Gasteiger partial charge in [-0.1, -0.05) is 11.8 Å². The van der Waals surface area contributed by atoms with E-state index in [2.05, 4.69) is 20.8 Å². The standard InChI is InChI=1S/C15H19N5O4S2/c1-10(14(21)16-11-7-8-26(22,23)9-11)25-15-17-18-19-20(15)12-3-5-13(24-2)6-4-12/h3-6,10-11H,7-9H2,1-2H3,(H,16,21). The first kappa shape index (κ1) is 18.6. The summed E-state index contributed by atoms with van der Waals surface area (Å²) >= 11 is 1.21. The van der Waals surface area contributed by atoms with Crippen molar-refractivity contribution in [3.05, 3.63) is 24.3 Å². The van der Waals surface area contributed by atoms with Gasteiger partial charge in [0.25, 0.3) is 0 Å². The van der Waals surface area contributed by atoms with Gasteiger partial charge in [0, 0.05) is 6.04 Å². The van der Waals surface area contributed by atoms with Crippen LogP contribution in [0, 0.1) is 0 Å². The van der Waals surface area contributed by atoms with Crippen LogP contribution in [0.15, 0.2) is 29.4 Å². The number of carbonyl (C=O) groups is 1. The Morgan fingerprint density at radius 3 is 2.73 bits per heavy atom. The number of methoxy groups -OCH3 is 1. The van der Waals surface area contributed by atoms with Crippen molar-refractivity contribution >= 4 is 27.5 Å². The van der Waals surface area contributed by atoms with E-state index in [-0.39, 0.29) is 23.5 Å². The lowest BCUT2D eigenvalue weighted by atomic mass is 10.2. The molecule has 0 aliphatic carbocycles. The number of thioether (sulfide) groups is 1. The van der Waals surface area contributed by atoms with E-state index in [1.165, 1.54) is 16.4 Å². The second kappa shape index (κ2) is 7.62. The predicted octanol–water partition coefficient (Wildman–Crippen LogP) is 0.455. The smallest absolute Gasteiger partial charge is 0.233 e. The minimum atomic E-state index is -3.03. The highest BCUT2D eigenvalue weighted by atomic mass is 32.2. The fourth-order valence-corrected chi connectivity index (χ4v) is 5.07. The topological polar surface area (TPSA) is 116 Å². The van der Waals surface area contributed by atoms with Crippen LogP contribution < -0.4 is 10.1 Å². The number of hydrogen-bond acceptors (Lipinski definition) is 8. The predicted molar refractivity (Wildman–Crippen MR) is 96.2 cm³/mol. The quantitative estimate of drug-likeness (QED) is 0.699. The summed E-state index contributed by atoms with van der Waals surface area (Å²) in [5.74, 6) is 0.603. The molecule has 0 saturated carbocycles. The van der Waals surface area contributed by atoms with Crippen molar-refractivity contribution in [3.63, 3.8) is 0 Å². The first-order valence-electron chi connectivity index (χ1n) is 7.98. The van der Waals surface area contributed by atoms with E-state index in [0.717, 1.165) is 11.4 Å². The van der Waals surface area contributed by atoms with Crippen LogP contribution in [0.1, 0.15) is 13.3 Å². The minimum absolute atomic E-state index is 0.000285. The summed E-state index contributed by atoms with van der Waals surface area (Å²) in [4.78, 5) is 12.3. The molecule has 1 fully saturated rings. The van der Waals surface area contributed by atoms with E-state index in [9.17, 15) is 13.2 Å². The molecule has 2 heterocycles. The molecular formula is C15H19N5O4S2. The van der Waals surface area contributed by atoms with Crippen LogP contribution in [0.3, 0.4) is 0 Å². The molecule has 3 rings (SSSR count). The fourth-order valence-electron chi connectivity index (χ4n) is 2.58. The number of hydrogen-bond donors (Lipinski definition) is 1. The first-order chi connectivity index (χ1) is 12.4. The van der Waals surface area contributed by atoms with Crippen molar-refractivity contribution in [1.82, 2.24) is 25.5 Å². The van der Waals surface area contributed by atoms with Gasteiger partial charge in [-0.2, -0.15) is 4.68 Å². The van der Waals surface area contributed by atoms with Crippen LogP contribution in [-0.2, 0) is 14.6 Å². The Morgan fingerprint density at radius 1 is 1.38 bits per heavy atom. The molecule has 1 N–H and O–H groups in total. The molecule has 1 aromatic heterocycles. The molecule has 9 nitrogen and oxygen atoms in total. The number of amides is 1. The molecule has 0 spiro atoms. The first-order valence-corrected chi connectivity index (χ1v) is 10.7. The highest BCUT2D eigenvalue weighted by Gasteiger charge is 2.30. The molecule has 2 aromatic rings. The molecule has 2 atom stereocenters. The molecule has 1 amide bonds. The summed E-state index contributed by atoms with van der Waals surface area (Å²) in [6.45, 7) is 1.73.